The zero-order chi connectivity index (χ0) is 21.0. The fraction of sp³-hybridized carbons (Fsp3) is 0.200. The quantitative estimate of drug-likeness (QED) is 0.588. The molecule has 10 heteroatoms. The summed E-state index contributed by atoms with van der Waals surface area (Å²) in [5.74, 6) is 0.664. The minimum atomic E-state index is -1.27. The highest BCUT2D eigenvalue weighted by Crippen LogP contribution is 2.38. The molecule has 3 amide bonds. The number of ether oxygens (including phenoxy) is 2. The van der Waals surface area contributed by atoms with Gasteiger partial charge in [0.05, 0.1) is 12.2 Å². The van der Waals surface area contributed by atoms with Gasteiger partial charge in [0.15, 0.2) is 11.5 Å². The first-order valence-corrected chi connectivity index (χ1v) is 9.86. The van der Waals surface area contributed by atoms with E-state index < -0.39 is 17.5 Å². The Morgan fingerprint density at radius 2 is 1.93 bits per heavy atom. The van der Waals surface area contributed by atoms with E-state index in [1.165, 1.54) is 10.5 Å². The Morgan fingerprint density at radius 1 is 1.13 bits per heavy atom. The Labute approximate surface area is 178 Å². The average molecular weight is 471 g/mol. The maximum atomic E-state index is 13.2. The standard InChI is InChI=1S/C20H15BrN4O5/c1-20(11-2-4-14-15(6-11)30-10-29-14)18(27)25(19(28)23-20)9-13-7-17(26)24-8-12(21)3-5-16(24)22-13/h2-8H,9-10H2,1H3,(H,23,28). The lowest BCUT2D eigenvalue weighted by Crippen LogP contribution is -2.40. The molecular weight excluding hydrogens is 456 g/mol. The van der Waals surface area contributed by atoms with Gasteiger partial charge in [0.25, 0.3) is 11.5 Å². The minimum absolute atomic E-state index is 0.113. The first-order valence-electron chi connectivity index (χ1n) is 9.07. The molecule has 1 saturated heterocycles. The summed E-state index contributed by atoms with van der Waals surface area (Å²) in [6, 6.07) is 9.30. The number of aromatic nitrogens is 2. The highest BCUT2D eigenvalue weighted by molar-refractivity contribution is 9.10. The molecule has 2 aliphatic heterocycles. The zero-order valence-electron chi connectivity index (χ0n) is 15.7. The van der Waals surface area contributed by atoms with Crippen LogP contribution < -0.4 is 20.3 Å². The van der Waals surface area contributed by atoms with Gasteiger partial charge in [-0.1, -0.05) is 6.07 Å². The van der Waals surface area contributed by atoms with Gasteiger partial charge in [0, 0.05) is 16.7 Å². The molecule has 0 aliphatic carbocycles. The summed E-state index contributed by atoms with van der Waals surface area (Å²) in [6.45, 7) is 1.62. The Morgan fingerprint density at radius 3 is 2.77 bits per heavy atom. The van der Waals surface area contributed by atoms with Gasteiger partial charge < -0.3 is 14.8 Å². The van der Waals surface area contributed by atoms with E-state index in [4.69, 9.17) is 9.47 Å². The van der Waals surface area contributed by atoms with E-state index >= 15 is 0 Å². The Hall–Kier alpha value is -3.40. The van der Waals surface area contributed by atoms with Crippen molar-refractivity contribution in [3.05, 3.63) is 68.7 Å². The first-order chi connectivity index (χ1) is 14.3. The van der Waals surface area contributed by atoms with Crippen molar-refractivity contribution in [2.24, 2.45) is 0 Å². The Kier molecular flexibility index (Phi) is 4.07. The molecule has 0 saturated carbocycles. The smallest absolute Gasteiger partial charge is 0.325 e. The number of hydrogen-bond acceptors (Lipinski definition) is 6. The van der Waals surface area contributed by atoms with Crippen LogP contribution in [-0.4, -0.2) is 33.0 Å². The van der Waals surface area contributed by atoms with Gasteiger partial charge in [0.1, 0.15) is 11.2 Å². The van der Waals surface area contributed by atoms with Crippen LogP contribution >= 0.6 is 15.9 Å². The van der Waals surface area contributed by atoms with Crippen LogP contribution in [0.25, 0.3) is 5.65 Å². The highest BCUT2D eigenvalue weighted by atomic mass is 79.9. The van der Waals surface area contributed by atoms with Crippen molar-refractivity contribution >= 4 is 33.5 Å². The summed E-state index contributed by atoms with van der Waals surface area (Å²) in [7, 11) is 0. The molecule has 1 atom stereocenters. The summed E-state index contributed by atoms with van der Waals surface area (Å²) in [5.41, 5.74) is -0.257. The van der Waals surface area contributed by atoms with Crippen LogP contribution in [0.3, 0.4) is 0 Å². The van der Waals surface area contributed by atoms with Gasteiger partial charge in [-0.15, -0.1) is 0 Å². The van der Waals surface area contributed by atoms with Gasteiger partial charge >= 0.3 is 6.03 Å². The monoisotopic (exact) mass is 470 g/mol. The van der Waals surface area contributed by atoms with Crippen LogP contribution in [0.5, 0.6) is 11.5 Å². The molecule has 1 unspecified atom stereocenters. The third kappa shape index (κ3) is 2.83. The molecule has 30 heavy (non-hydrogen) atoms. The van der Waals surface area contributed by atoms with Crippen molar-refractivity contribution < 1.29 is 19.1 Å². The van der Waals surface area contributed by atoms with Crippen LogP contribution in [0, 0.1) is 0 Å². The number of rotatable bonds is 3. The summed E-state index contributed by atoms with van der Waals surface area (Å²) >= 11 is 3.31. The van der Waals surface area contributed by atoms with E-state index in [1.807, 2.05) is 0 Å². The Bertz CT molecular complexity index is 1290. The lowest BCUT2D eigenvalue weighted by molar-refractivity contribution is -0.131. The van der Waals surface area contributed by atoms with Gasteiger partial charge in [-0.25, -0.2) is 9.78 Å². The van der Waals surface area contributed by atoms with E-state index in [0.717, 1.165) is 9.37 Å². The number of carbonyl (C=O) groups excluding carboxylic acids is 2. The molecule has 0 bridgehead atoms. The summed E-state index contributed by atoms with van der Waals surface area (Å²) in [4.78, 5) is 43.7. The number of imide groups is 1. The number of nitrogens with one attached hydrogen (secondary N) is 1. The normalized spacial score (nSPS) is 20.1. The molecule has 3 aromatic rings. The largest absolute Gasteiger partial charge is 0.454 e. The first kappa shape index (κ1) is 18.6. The maximum absolute atomic E-state index is 13.2. The zero-order valence-corrected chi connectivity index (χ0v) is 17.3. The molecule has 152 valence electrons. The number of hydrogen-bond donors (Lipinski definition) is 1. The second kappa shape index (κ2) is 6.56. The number of benzene rings is 1. The molecule has 1 fully saturated rings. The second-order valence-corrected chi connectivity index (χ2v) is 8.09. The van der Waals surface area contributed by atoms with Crippen LogP contribution in [0.1, 0.15) is 18.2 Å². The van der Waals surface area contributed by atoms with Crippen LogP contribution in [-0.2, 0) is 16.9 Å². The number of carbonyl (C=O) groups is 2. The lowest BCUT2D eigenvalue weighted by atomic mass is 9.91. The van der Waals surface area contributed by atoms with Crippen molar-refractivity contribution in [3.63, 3.8) is 0 Å². The van der Waals surface area contributed by atoms with E-state index in [0.29, 0.717) is 28.4 Å². The predicted octanol–water partition coefficient (Wildman–Crippen LogP) is 2.15. The van der Waals surface area contributed by atoms with Gasteiger partial charge in [-0.05, 0) is 52.7 Å². The number of halogens is 1. The summed E-state index contributed by atoms with van der Waals surface area (Å²) in [5, 5.41) is 2.74. The van der Waals surface area contributed by atoms with Gasteiger partial charge in [0.2, 0.25) is 6.79 Å². The topological polar surface area (TPSA) is 102 Å². The number of nitrogens with zero attached hydrogens (tertiary/aromatic N) is 3. The third-order valence-electron chi connectivity index (χ3n) is 5.22. The molecule has 4 heterocycles. The number of fused-ring (bicyclic) bond motifs is 2. The molecule has 0 radical (unpaired) electrons. The van der Waals surface area contributed by atoms with Gasteiger partial charge in [-0.3, -0.25) is 18.9 Å². The van der Waals surface area contributed by atoms with E-state index in [-0.39, 0.29) is 18.9 Å². The molecule has 0 spiro atoms. The maximum Gasteiger partial charge on any atom is 0.325 e. The van der Waals surface area contributed by atoms with Crippen molar-refractivity contribution in [2.45, 2.75) is 19.0 Å². The van der Waals surface area contributed by atoms with Crippen LogP contribution in [0.15, 0.2) is 51.9 Å². The van der Waals surface area contributed by atoms with Crippen LogP contribution in [0.4, 0.5) is 4.79 Å². The molecule has 2 aromatic heterocycles. The van der Waals surface area contributed by atoms with Crippen molar-refractivity contribution in [2.75, 3.05) is 6.79 Å². The lowest BCUT2D eigenvalue weighted by Gasteiger charge is -2.22. The highest BCUT2D eigenvalue weighted by Gasteiger charge is 2.49. The van der Waals surface area contributed by atoms with Gasteiger partial charge in [-0.2, -0.15) is 0 Å². The Balaban J connectivity index is 1.47. The van der Waals surface area contributed by atoms with Crippen molar-refractivity contribution in [3.8, 4) is 11.5 Å². The van der Waals surface area contributed by atoms with Crippen LogP contribution in [0.2, 0.25) is 0 Å². The fourth-order valence-electron chi connectivity index (χ4n) is 3.61. The summed E-state index contributed by atoms with van der Waals surface area (Å²) < 4.78 is 12.8. The number of amides is 3. The summed E-state index contributed by atoms with van der Waals surface area (Å²) in [6.07, 6.45) is 1.61. The average Bonchev–Trinajstić information content (AvgIpc) is 3.27. The van der Waals surface area contributed by atoms with E-state index in [9.17, 15) is 14.4 Å². The third-order valence-corrected chi connectivity index (χ3v) is 5.69. The molecular formula is C20H15BrN4O5. The second-order valence-electron chi connectivity index (χ2n) is 7.18. The van der Waals surface area contributed by atoms with E-state index in [1.54, 1.807) is 43.5 Å². The van der Waals surface area contributed by atoms with E-state index in [2.05, 4.69) is 26.2 Å². The molecule has 1 aromatic carbocycles. The molecule has 5 rings (SSSR count). The predicted molar refractivity (Wildman–Crippen MR) is 108 cm³/mol. The SMILES string of the molecule is CC1(c2ccc3c(c2)OCO3)NC(=O)N(Cc2cc(=O)n3cc(Br)ccc3n2)C1=O. The van der Waals surface area contributed by atoms with Crippen molar-refractivity contribution in [1.29, 1.82) is 0 Å². The number of pyridine rings is 1. The molecule has 2 aliphatic rings. The minimum Gasteiger partial charge on any atom is -0.454 e. The molecule has 9 nitrogen and oxygen atoms in total. The fourth-order valence-corrected chi connectivity index (χ4v) is 3.95. The number of urea groups is 1. The van der Waals surface area contributed by atoms with Crippen molar-refractivity contribution in [1.82, 2.24) is 19.6 Å². The molecule has 1 N–H and O–H groups in total.